The van der Waals surface area contributed by atoms with Gasteiger partial charge in [-0.25, -0.2) is 0 Å². The van der Waals surface area contributed by atoms with E-state index < -0.39 is 23.9 Å². The quantitative estimate of drug-likeness (QED) is 0.263. The minimum Gasteiger partial charge on any atom is -0.550 e. The van der Waals surface area contributed by atoms with Gasteiger partial charge in [0.1, 0.15) is 0 Å². The number of epoxide rings is 4. The first-order chi connectivity index (χ1) is 21.1. The molecule has 12 rings (SSSR count). The molecule has 13 heteroatoms. The van der Waals surface area contributed by atoms with E-state index in [2.05, 4.69) is 0 Å². The van der Waals surface area contributed by atoms with E-state index in [1.54, 1.807) is 0 Å². The Morgan fingerprint density at radius 3 is 0.689 bits per heavy atom. The van der Waals surface area contributed by atoms with E-state index in [-0.39, 0.29) is 98.0 Å². The third-order valence-corrected chi connectivity index (χ3v) is 13.6. The van der Waals surface area contributed by atoms with Gasteiger partial charge in [0, 0.05) is 47.5 Å². The van der Waals surface area contributed by atoms with Crippen molar-refractivity contribution in [1.29, 1.82) is 0 Å². The Bertz CT molecular complexity index is 1100. The third kappa shape index (κ3) is 4.99. The number of carboxylic acids is 4. The number of carbonyl (C=O) groups is 4. The molecular formula is C32H36O12Zr. The van der Waals surface area contributed by atoms with Gasteiger partial charge in [-0.15, -0.1) is 0 Å². The Morgan fingerprint density at radius 2 is 0.556 bits per heavy atom. The molecule has 0 amide bonds. The second kappa shape index (κ2) is 10.8. The normalized spacial score (nSPS) is 56.4. The molecule has 0 radical (unpaired) electrons. The number of fused-ring (bicyclic) bond motifs is 20. The molecule has 0 aromatic heterocycles. The number of hydrogen-bond acceptors (Lipinski definition) is 12. The summed E-state index contributed by atoms with van der Waals surface area (Å²) in [6, 6.07) is 0. The maximum atomic E-state index is 10.6. The molecular weight excluding hydrogens is 668 g/mol. The van der Waals surface area contributed by atoms with E-state index in [4.69, 9.17) is 18.9 Å². The van der Waals surface area contributed by atoms with Gasteiger partial charge >= 0.3 is 26.2 Å². The van der Waals surface area contributed by atoms with Crippen LogP contribution in [0.2, 0.25) is 0 Å². The van der Waals surface area contributed by atoms with Gasteiger partial charge < -0.3 is 58.6 Å². The Labute approximate surface area is 279 Å². The van der Waals surface area contributed by atoms with Crippen LogP contribution >= 0.6 is 0 Å². The smallest absolute Gasteiger partial charge is 0.550 e. The van der Waals surface area contributed by atoms with Gasteiger partial charge in [-0.05, 0) is 98.7 Å². The van der Waals surface area contributed by atoms with Crippen LogP contribution in [0.3, 0.4) is 0 Å². The first-order valence-corrected chi connectivity index (χ1v) is 16.5. The molecule has 8 saturated carbocycles. The molecule has 8 bridgehead atoms. The third-order valence-electron chi connectivity index (χ3n) is 13.6. The minimum atomic E-state index is -0.869. The maximum absolute atomic E-state index is 10.6. The van der Waals surface area contributed by atoms with Crippen molar-refractivity contribution in [2.45, 2.75) is 100 Å². The van der Waals surface area contributed by atoms with Crippen LogP contribution in [0.1, 0.15) is 51.4 Å². The Morgan fingerprint density at radius 1 is 0.356 bits per heavy atom. The summed E-state index contributed by atoms with van der Waals surface area (Å²) < 4.78 is 21.3. The number of aliphatic carboxylic acids is 4. The molecule has 8 aliphatic carbocycles. The summed E-state index contributed by atoms with van der Waals surface area (Å²) in [5.41, 5.74) is 0. The summed E-state index contributed by atoms with van der Waals surface area (Å²) in [6.45, 7) is 0. The molecule has 0 spiro atoms. The van der Waals surface area contributed by atoms with Crippen molar-refractivity contribution in [1.82, 2.24) is 0 Å². The topological polar surface area (TPSA) is 211 Å². The van der Waals surface area contributed by atoms with Gasteiger partial charge in [0.2, 0.25) is 0 Å². The standard InChI is InChI=1S/4C8H10O3.Zr/c4*9-8(10)5-2-3-1-4(5)7-6(3)11-7;/h4*3-7H,1-2H2,(H,9,10);/q;;;;+4/p-4. The van der Waals surface area contributed by atoms with E-state index in [0.717, 1.165) is 51.4 Å². The summed E-state index contributed by atoms with van der Waals surface area (Å²) in [4.78, 5) is 42.4. The summed E-state index contributed by atoms with van der Waals surface area (Å²) in [6.07, 6.45) is 10.3. The van der Waals surface area contributed by atoms with Crippen molar-refractivity contribution in [2.75, 3.05) is 0 Å². The molecule has 0 aromatic carbocycles. The second-order valence-corrected chi connectivity index (χ2v) is 15.5. The molecule has 12 aliphatic rings. The van der Waals surface area contributed by atoms with E-state index >= 15 is 0 Å². The van der Waals surface area contributed by atoms with E-state index in [0.29, 0.717) is 48.1 Å². The van der Waals surface area contributed by atoms with Gasteiger partial charge in [-0.1, -0.05) is 0 Å². The van der Waals surface area contributed by atoms with Crippen molar-refractivity contribution < 1.29 is 84.8 Å². The van der Waals surface area contributed by atoms with Gasteiger partial charge in [0.15, 0.2) is 0 Å². The predicted octanol–water partition coefficient (Wildman–Crippen LogP) is -3.36. The van der Waals surface area contributed by atoms with Gasteiger partial charge in [-0.2, -0.15) is 0 Å². The molecule has 240 valence electrons. The molecule has 0 N–H and O–H groups in total. The number of hydrogen-bond donors (Lipinski definition) is 0. The largest absolute Gasteiger partial charge is 4.00 e. The van der Waals surface area contributed by atoms with Crippen LogP contribution < -0.4 is 20.4 Å². The maximum Gasteiger partial charge on any atom is 4.00 e. The zero-order valence-corrected chi connectivity index (χ0v) is 27.1. The molecule has 45 heavy (non-hydrogen) atoms. The van der Waals surface area contributed by atoms with Crippen LogP contribution in [0, 0.1) is 71.0 Å². The van der Waals surface area contributed by atoms with Crippen LogP contribution in [-0.2, 0) is 64.3 Å². The van der Waals surface area contributed by atoms with Crippen LogP contribution in [0.15, 0.2) is 0 Å². The molecule has 12 fully saturated rings. The fourth-order valence-corrected chi connectivity index (χ4v) is 11.5. The molecule has 4 aliphatic heterocycles. The molecule has 20 atom stereocenters. The van der Waals surface area contributed by atoms with E-state index in [1.165, 1.54) is 0 Å². The van der Waals surface area contributed by atoms with Crippen LogP contribution in [0.25, 0.3) is 0 Å². The summed E-state index contributed by atoms with van der Waals surface area (Å²) >= 11 is 0. The summed E-state index contributed by atoms with van der Waals surface area (Å²) in [5, 5.41) is 42.4. The zero-order chi connectivity index (χ0) is 30.3. The molecule has 12 nitrogen and oxygen atoms in total. The molecule has 4 heterocycles. The average Bonchev–Trinajstić information content (AvgIpc) is 3.99. The van der Waals surface area contributed by atoms with Crippen molar-refractivity contribution in [3.8, 4) is 0 Å². The second-order valence-electron chi connectivity index (χ2n) is 15.5. The molecule has 0 aromatic rings. The Balaban J connectivity index is 0.0000000884. The van der Waals surface area contributed by atoms with Gasteiger partial charge in [-0.3, -0.25) is 0 Å². The van der Waals surface area contributed by atoms with Crippen molar-refractivity contribution in [3.63, 3.8) is 0 Å². The minimum absolute atomic E-state index is 0. The number of rotatable bonds is 4. The van der Waals surface area contributed by atoms with Gasteiger partial charge in [0.25, 0.3) is 0 Å². The predicted molar refractivity (Wildman–Crippen MR) is 133 cm³/mol. The summed E-state index contributed by atoms with van der Waals surface area (Å²) in [5.74, 6) is -1.01. The van der Waals surface area contributed by atoms with Crippen molar-refractivity contribution >= 4 is 23.9 Å². The fraction of sp³-hybridized carbons (Fsp3) is 0.875. The van der Waals surface area contributed by atoms with Crippen LogP contribution in [0.4, 0.5) is 0 Å². The molecule has 4 saturated heterocycles. The van der Waals surface area contributed by atoms with E-state index in [9.17, 15) is 39.6 Å². The van der Waals surface area contributed by atoms with E-state index in [1.807, 2.05) is 0 Å². The van der Waals surface area contributed by atoms with Gasteiger partial charge in [0.05, 0.1) is 48.8 Å². The van der Waals surface area contributed by atoms with Crippen molar-refractivity contribution in [3.05, 3.63) is 0 Å². The average molecular weight is 704 g/mol. The van der Waals surface area contributed by atoms with Crippen molar-refractivity contribution in [2.24, 2.45) is 71.0 Å². The molecule has 20 unspecified atom stereocenters. The van der Waals surface area contributed by atoms with Crippen LogP contribution in [-0.4, -0.2) is 72.7 Å². The first-order valence-electron chi connectivity index (χ1n) is 16.5. The number of carboxylic acid groups (broad SMARTS) is 4. The van der Waals surface area contributed by atoms with Crippen LogP contribution in [0.5, 0.6) is 0 Å². The first kappa shape index (κ1) is 30.9. The monoisotopic (exact) mass is 702 g/mol. The zero-order valence-electron chi connectivity index (χ0n) is 24.6. The number of ether oxygens (including phenoxy) is 4. The summed E-state index contributed by atoms with van der Waals surface area (Å²) in [7, 11) is 0. The Kier molecular flexibility index (Phi) is 7.42. The fourth-order valence-electron chi connectivity index (χ4n) is 11.5. The Hall–Kier alpha value is -1.40. The SMILES string of the molecule is O=C([O-])C1CC2CC1C1OC21.O=C([O-])C1CC2CC1C1OC21.O=C([O-])C1CC2CC1C1OC21.O=C([O-])C1CC2CC1C1OC21.[Zr+4]. The number of carbonyl (C=O) groups excluding carboxylic acids is 4.